The van der Waals surface area contributed by atoms with Crippen LogP contribution in [0.3, 0.4) is 0 Å². The Bertz CT molecular complexity index is 1120. The number of fused-ring (bicyclic) bond motifs is 2. The Morgan fingerprint density at radius 1 is 1.09 bits per heavy atom. The van der Waals surface area contributed by atoms with E-state index in [1.165, 1.54) is 4.90 Å². The molecular formula is C25H28ClN3O5. The van der Waals surface area contributed by atoms with E-state index in [0.717, 1.165) is 5.56 Å². The molecule has 4 aliphatic rings. The van der Waals surface area contributed by atoms with Crippen molar-refractivity contribution in [1.29, 1.82) is 0 Å². The number of para-hydroxylation sites is 1. The average molecular weight is 486 g/mol. The van der Waals surface area contributed by atoms with Gasteiger partial charge >= 0.3 is 0 Å². The van der Waals surface area contributed by atoms with Crippen molar-refractivity contribution >= 4 is 35.0 Å². The molecular weight excluding hydrogens is 458 g/mol. The molecule has 0 aliphatic carbocycles. The number of hydrogen-bond acceptors (Lipinski definition) is 5. The molecule has 0 saturated carbocycles. The number of likely N-dealkylation sites (N-methyl/N-ethyl adjacent to an activating group) is 1. The maximum absolute atomic E-state index is 14.2. The van der Waals surface area contributed by atoms with E-state index in [0.29, 0.717) is 17.3 Å². The van der Waals surface area contributed by atoms with Crippen LogP contribution in [0.5, 0.6) is 0 Å². The summed E-state index contributed by atoms with van der Waals surface area (Å²) in [7, 11) is 1.70. The van der Waals surface area contributed by atoms with Crippen LogP contribution in [-0.4, -0.2) is 83.2 Å². The predicted molar refractivity (Wildman–Crippen MR) is 126 cm³/mol. The molecule has 9 heteroatoms. The number of β-amino-alcohol motifs (C(OH)–C–C–N with tert-alkyl or cyclic N) is 1. The molecule has 1 N–H and O–H groups in total. The summed E-state index contributed by atoms with van der Waals surface area (Å²) in [5, 5.41) is 10.2. The van der Waals surface area contributed by atoms with E-state index in [-0.39, 0.29) is 37.4 Å². The van der Waals surface area contributed by atoms with E-state index in [2.05, 4.69) is 0 Å². The van der Waals surface area contributed by atoms with E-state index in [9.17, 15) is 19.5 Å². The number of aryl methyl sites for hydroxylation is 1. The highest BCUT2D eigenvalue weighted by atomic mass is 35.5. The molecule has 4 heterocycles. The number of aliphatic hydroxyl groups is 1. The highest BCUT2D eigenvalue weighted by molar-refractivity contribution is 6.34. The van der Waals surface area contributed by atoms with Gasteiger partial charge in [0.2, 0.25) is 11.8 Å². The van der Waals surface area contributed by atoms with Crippen molar-refractivity contribution in [3.05, 3.63) is 53.1 Å². The first-order valence-corrected chi connectivity index (χ1v) is 11.8. The molecule has 1 spiro atoms. The molecule has 5 atom stereocenters. The number of anilines is 1. The molecule has 180 valence electrons. The second kappa shape index (κ2) is 7.93. The number of likely N-dealkylation sites (tertiary alicyclic amines) is 1. The van der Waals surface area contributed by atoms with Crippen LogP contribution in [0, 0.1) is 18.8 Å². The number of ether oxygens (including phenoxy) is 1. The van der Waals surface area contributed by atoms with Gasteiger partial charge in [0.25, 0.3) is 5.91 Å². The zero-order valence-corrected chi connectivity index (χ0v) is 20.2. The molecule has 3 amide bonds. The average Bonchev–Trinajstić information content (AvgIpc) is 3.05. The summed E-state index contributed by atoms with van der Waals surface area (Å²) in [5.41, 5.74) is -0.995. The van der Waals surface area contributed by atoms with Gasteiger partial charge in [-0.15, -0.1) is 0 Å². The third-order valence-electron chi connectivity index (χ3n) is 7.56. The Hall–Kier alpha value is -2.68. The lowest BCUT2D eigenvalue weighted by molar-refractivity contribution is -0.148. The van der Waals surface area contributed by atoms with Gasteiger partial charge in [-0.2, -0.15) is 0 Å². The second-order valence-corrected chi connectivity index (χ2v) is 10.0. The number of aliphatic hydroxyl groups excluding tert-OH is 1. The van der Waals surface area contributed by atoms with Crippen molar-refractivity contribution in [3.63, 3.8) is 0 Å². The van der Waals surface area contributed by atoms with Gasteiger partial charge in [0.15, 0.2) is 0 Å². The fraction of sp³-hybridized carbons (Fsp3) is 0.480. The molecule has 0 bridgehead atoms. The molecule has 2 fully saturated rings. The van der Waals surface area contributed by atoms with Crippen LogP contribution in [0.1, 0.15) is 12.5 Å². The SMILES string of the molecule is Cc1cccc(Cl)c1N1CC=C[C@]23O[C@@]4(C)C=CCN(C)C(=O)[C@H]4[C@H]2C(=O)N(CCO)C3C1=O. The van der Waals surface area contributed by atoms with Crippen LogP contribution in [0.2, 0.25) is 5.02 Å². The third kappa shape index (κ3) is 3.01. The molecule has 2 saturated heterocycles. The Morgan fingerprint density at radius 3 is 2.53 bits per heavy atom. The van der Waals surface area contributed by atoms with E-state index < -0.39 is 29.1 Å². The van der Waals surface area contributed by atoms with Crippen LogP contribution in [0.25, 0.3) is 0 Å². The van der Waals surface area contributed by atoms with Crippen LogP contribution in [0.15, 0.2) is 42.5 Å². The fourth-order valence-corrected chi connectivity index (χ4v) is 6.48. The minimum absolute atomic E-state index is 0.0384. The Balaban J connectivity index is 1.68. The third-order valence-corrected chi connectivity index (χ3v) is 7.86. The predicted octanol–water partition coefficient (Wildman–Crippen LogP) is 1.54. The molecule has 8 nitrogen and oxygen atoms in total. The summed E-state index contributed by atoms with van der Waals surface area (Å²) in [6, 6.07) is 4.37. The Labute approximate surface area is 203 Å². The largest absolute Gasteiger partial charge is 0.395 e. The monoisotopic (exact) mass is 485 g/mol. The van der Waals surface area contributed by atoms with Gasteiger partial charge in [0.05, 0.1) is 34.8 Å². The van der Waals surface area contributed by atoms with E-state index >= 15 is 0 Å². The zero-order chi connectivity index (χ0) is 24.4. The van der Waals surface area contributed by atoms with Gasteiger partial charge < -0.3 is 24.5 Å². The molecule has 1 aromatic carbocycles. The highest BCUT2D eigenvalue weighted by Crippen LogP contribution is 2.57. The first-order chi connectivity index (χ1) is 16.2. The second-order valence-electron chi connectivity index (χ2n) is 9.63. The number of hydrogen-bond donors (Lipinski definition) is 1. The van der Waals surface area contributed by atoms with Gasteiger partial charge in [-0.05, 0) is 25.5 Å². The van der Waals surface area contributed by atoms with Gasteiger partial charge in [-0.1, -0.05) is 48.0 Å². The van der Waals surface area contributed by atoms with Gasteiger partial charge in [0, 0.05) is 26.7 Å². The first-order valence-electron chi connectivity index (χ1n) is 11.4. The summed E-state index contributed by atoms with van der Waals surface area (Å²) in [6.07, 6.45) is 7.30. The van der Waals surface area contributed by atoms with Crippen LogP contribution in [0.4, 0.5) is 5.69 Å². The summed E-state index contributed by atoms with van der Waals surface area (Å²) >= 11 is 6.51. The number of benzene rings is 1. The molecule has 5 rings (SSSR count). The Morgan fingerprint density at radius 2 is 1.82 bits per heavy atom. The van der Waals surface area contributed by atoms with Crippen molar-refractivity contribution < 1.29 is 24.2 Å². The summed E-state index contributed by atoms with van der Waals surface area (Å²) < 4.78 is 6.66. The normalized spacial score (nSPS) is 34.8. The lowest BCUT2D eigenvalue weighted by Crippen LogP contribution is -2.56. The Kier molecular flexibility index (Phi) is 5.39. The van der Waals surface area contributed by atoms with Gasteiger partial charge in [0.1, 0.15) is 11.6 Å². The van der Waals surface area contributed by atoms with E-state index in [4.69, 9.17) is 16.3 Å². The summed E-state index contributed by atoms with van der Waals surface area (Å²) in [5.74, 6) is -2.59. The van der Waals surface area contributed by atoms with Crippen molar-refractivity contribution in [1.82, 2.24) is 9.80 Å². The quantitative estimate of drug-likeness (QED) is 0.656. The van der Waals surface area contributed by atoms with Crippen molar-refractivity contribution in [2.75, 3.05) is 38.2 Å². The maximum atomic E-state index is 14.2. The number of rotatable bonds is 3. The molecule has 1 aromatic rings. The van der Waals surface area contributed by atoms with E-state index in [1.54, 1.807) is 35.9 Å². The molecule has 1 unspecified atom stereocenters. The summed E-state index contributed by atoms with van der Waals surface area (Å²) in [6.45, 7) is 3.98. The number of carbonyl (C=O) groups excluding carboxylic acids is 3. The van der Waals surface area contributed by atoms with Crippen molar-refractivity contribution in [2.24, 2.45) is 11.8 Å². The standard InChI is InChI=1S/C25H28ClN3O5/c1-15-7-4-8-16(26)19(15)28-12-6-10-25-18(22(32)29(13-14-30)20(25)23(28)33)17-21(31)27(3)11-5-9-24(17,2)34-25/h4-10,17-18,20,30H,11-14H2,1-3H3/t17-,18+,20?,24+,25+/m1/s1. The van der Waals surface area contributed by atoms with Crippen molar-refractivity contribution in [3.8, 4) is 0 Å². The van der Waals surface area contributed by atoms with Crippen LogP contribution >= 0.6 is 11.6 Å². The number of carbonyl (C=O) groups is 3. The van der Waals surface area contributed by atoms with Crippen LogP contribution in [-0.2, 0) is 19.1 Å². The van der Waals surface area contributed by atoms with Gasteiger partial charge in [-0.3, -0.25) is 14.4 Å². The van der Waals surface area contributed by atoms with Crippen molar-refractivity contribution in [2.45, 2.75) is 31.1 Å². The topological polar surface area (TPSA) is 90.4 Å². The molecule has 0 aromatic heterocycles. The number of nitrogens with zero attached hydrogens (tertiary/aromatic N) is 3. The smallest absolute Gasteiger partial charge is 0.253 e. The number of halogens is 1. The number of amides is 3. The minimum atomic E-state index is -1.34. The van der Waals surface area contributed by atoms with E-state index in [1.807, 2.05) is 37.3 Å². The van der Waals surface area contributed by atoms with Crippen LogP contribution < -0.4 is 4.90 Å². The lowest BCUT2D eigenvalue weighted by Gasteiger charge is -2.37. The molecule has 0 radical (unpaired) electrons. The zero-order valence-electron chi connectivity index (χ0n) is 19.4. The lowest BCUT2D eigenvalue weighted by atomic mass is 9.74. The maximum Gasteiger partial charge on any atom is 0.253 e. The highest BCUT2D eigenvalue weighted by Gasteiger charge is 2.74. The first kappa shape index (κ1) is 23.1. The summed E-state index contributed by atoms with van der Waals surface area (Å²) in [4.78, 5) is 46.0. The molecule has 34 heavy (non-hydrogen) atoms. The minimum Gasteiger partial charge on any atom is -0.395 e. The van der Waals surface area contributed by atoms with Gasteiger partial charge in [-0.25, -0.2) is 0 Å². The molecule has 4 aliphatic heterocycles. The fourth-order valence-electron chi connectivity index (χ4n) is 6.16.